The van der Waals surface area contributed by atoms with Crippen LogP contribution in [0, 0.1) is 6.92 Å². The van der Waals surface area contributed by atoms with Crippen LogP contribution >= 0.6 is 11.3 Å². The van der Waals surface area contributed by atoms with E-state index >= 15 is 0 Å². The van der Waals surface area contributed by atoms with Crippen LogP contribution in [0.15, 0.2) is 41.8 Å². The first-order chi connectivity index (χ1) is 12.8. The predicted molar refractivity (Wildman–Crippen MR) is 104 cm³/mol. The lowest BCUT2D eigenvalue weighted by Gasteiger charge is -2.11. The number of rotatable bonds is 6. The van der Waals surface area contributed by atoms with Gasteiger partial charge < -0.3 is 10.1 Å². The highest BCUT2D eigenvalue weighted by Crippen LogP contribution is 2.25. The van der Waals surface area contributed by atoms with Crippen LogP contribution in [0.5, 0.6) is 0 Å². The molecule has 134 valence electrons. The standard InChI is InChI=1S/C20H22N4OS/c1-14-22-18(16-7-8-25-12-16)10-19(23-14)21-11-17-13-26-20(24-17)9-15-5-3-2-4-6-15/h2-6,10,13,16H,7-9,11-12H2,1H3,(H,21,22,23)/t16-/m1/s1. The molecule has 0 aliphatic carbocycles. The van der Waals surface area contributed by atoms with Gasteiger partial charge in [-0.2, -0.15) is 0 Å². The fraction of sp³-hybridized carbons (Fsp3) is 0.350. The summed E-state index contributed by atoms with van der Waals surface area (Å²) in [6, 6.07) is 12.5. The maximum atomic E-state index is 5.48. The maximum Gasteiger partial charge on any atom is 0.130 e. The van der Waals surface area contributed by atoms with Crippen molar-refractivity contribution < 1.29 is 4.74 Å². The van der Waals surface area contributed by atoms with Gasteiger partial charge in [-0.15, -0.1) is 11.3 Å². The van der Waals surface area contributed by atoms with E-state index in [-0.39, 0.29) is 0 Å². The third-order valence-electron chi connectivity index (χ3n) is 4.45. The summed E-state index contributed by atoms with van der Waals surface area (Å²) in [7, 11) is 0. The first-order valence-corrected chi connectivity index (χ1v) is 9.78. The molecule has 0 saturated carbocycles. The minimum Gasteiger partial charge on any atom is -0.381 e. The van der Waals surface area contributed by atoms with Gasteiger partial charge in [-0.25, -0.2) is 15.0 Å². The zero-order valence-electron chi connectivity index (χ0n) is 14.8. The minimum atomic E-state index is 0.383. The van der Waals surface area contributed by atoms with Crippen LogP contribution in [-0.4, -0.2) is 28.2 Å². The first-order valence-electron chi connectivity index (χ1n) is 8.90. The number of anilines is 1. The van der Waals surface area contributed by atoms with Crippen molar-refractivity contribution in [1.29, 1.82) is 0 Å². The van der Waals surface area contributed by atoms with Crippen molar-refractivity contribution in [2.75, 3.05) is 18.5 Å². The summed E-state index contributed by atoms with van der Waals surface area (Å²) in [5.74, 6) is 2.03. The third kappa shape index (κ3) is 4.26. The van der Waals surface area contributed by atoms with Crippen molar-refractivity contribution in [3.8, 4) is 0 Å². The molecule has 1 aromatic carbocycles. The molecule has 1 N–H and O–H groups in total. The fourth-order valence-corrected chi connectivity index (χ4v) is 3.95. The van der Waals surface area contributed by atoms with Crippen molar-refractivity contribution >= 4 is 17.2 Å². The van der Waals surface area contributed by atoms with Crippen LogP contribution in [0.25, 0.3) is 0 Å². The topological polar surface area (TPSA) is 59.9 Å². The summed E-state index contributed by atoms with van der Waals surface area (Å²) in [4.78, 5) is 13.8. The number of nitrogens with one attached hydrogen (secondary N) is 1. The number of nitrogens with zero attached hydrogens (tertiary/aromatic N) is 3. The fourth-order valence-electron chi connectivity index (χ4n) is 3.12. The molecule has 1 aliphatic heterocycles. The van der Waals surface area contributed by atoms with Gasteiger partial charge in [-0.1, -0.05) is 30.3 Å². The van der Waals surface area contributed by atoms with E-state index in [4.69, 9.17) is 9.72 Å². The zero-order valence-corrected chi connectivity index (χ0v) is 15.6. The quantitative estimate of drug-likeness (QED) is 0.716. The van der Waals surface area contributed by atoms with Gasteiger partial charge >= 0.3 is 0 Å². The summed E-state index contributed by atoms with van der Waals surface area (Å²) in [6.45, 7) is 4.18. The van der Waals surface area contributed by atoms with Crippen molar-refractivity contribution in [1.82, 2.24) is 15.0 Å². The molecule has 3 aromatic rings. The Bertz CT molecular complexity index is 859. The van der Waals surface area contributed by atoms with E-state index in [2.05, 4.69) is 44.9 Å². The Hall–Kier alpha value is -2.31. The van der Waals surface area contributed by atoms with E-state index in [1.165, 1.54) is 5.56 Å². The van der Waals surface area contributed by atoms with Gasteiger partial charge in [-0.05, 0) is 18.9 Å². The third-order valence-corrected chi connectivity index (χ3v) is 5.35. The van der Waals surface area contributed by atoms with E-state index in [1.54, 1.807) is 11.3 Å². The highest BCUT2D eigenvalue weighted by Gasteiger charge is 2.20. The summed E-state index contributed by atoms with van der Waals surface area (Å²) >= 11 is 1.71. The summed E-state index contributed by atoms with van der Waals surface area (Å²) < 4.78 is 5.48. The highest BCUT2D eigenvalue weighted by molar-refractivity contribution is 7.09. The average Bonchev–Trinajstić information content (AvgIpc) is 3.33. The molecule has 0 radical (unpaired) electrons. The Morgan fingerprint density at radius 2 is 2.08 bits per heavy atom. The average molecular weight is 366 g/mol. The van der Waals surface area contributed by atoms with Crippen molar-refractivity contribution in [2.45, 2.75) is 32.2 Å². The lowest BCUT2D eigenvalue weighted by molar-refractivity contribution is 0.193. The van der Waals surface area contributed by atoms with Crippen molar-refractivity contribution in [2.24, 2.45) is 0 Å². The monoisotopic (exact) mass is 366 g/mol. The van der Waals surface area contributed by atoms with E-state index in [0.717, 1.165) is 54.1 Å². The van der Waals surface area contributed by atoms with Crippen molar-refractivity contribution in [3.05, 3.63) is 69.6 Å². The molecule has 5 nitrogen and oxygen atoms in total. The lowest BCUT2D eigenvalue weighted by Crippen LogP contribution is -2.08. The number of thiazole rings is 1. The Kier molecular flexibility index (Phi) is 5.22. The van der Waals surface area contributed by atoms with Gasteiger partial charge in [0, 0.05) is 30.4 Å². The Morgan fingerprint density at radius 3 is 2.88 bits per heavy atom. The molecule has 0 bridgehead atoms. The van der Waals surface area contributed by atoms with Crippen LogP contribution in [0.4, 0.5) is 5.82 Å². The summed E-state index contributed by atoms with van der Waals surface area (Å²) in [6.07, 6.45) is 1.91. The Labute approximate surface area is 157 Å². The van der Waals surface area contributed by atoms with Crippen molar-refractivity contribution in [3.63, 3.8) is 0 Å². The molecule has 4 rings (SSSR count). The Balaban J connectivity index is 1.40. The summed E-state index contributed by atoms with van der Waals surface area (Å²) in [5.41, 5.74) is 3.40. The second-order valence-electron chi connectivity index (χ2n) is 6.53. The minimum absolute atomic E-state index is 0.383. The number of ether oxygens (including phenoxy) is 1. The first kappa shape index (κ1) is 17.1. The molecule has 1 saturated heterocycles. The SMILES string of the molecule is Cc1nc(NCc2csc(Cc3ccccc3)n2)cc([C@@H]2CCOC2)n1. The molecule has 1 fully saturated rings. The van der Waals surface area contributed by atoms with Gasteiger partial charge in [0.2, 0.25) is 0 Å². The van der Waals surface area contributed by atoms with E-state index < -0.39 is 0 Å². The molecule has 6 heteroatoms. The second-order valence-corrected chi connectivity index (χ2v) is 7.48. The molecule has 2 aromatic heterocycles. The molecule has 26 heavy (non-hydrogen) atoms. The largest absolute Gasteiger partial charge is 0.381 e. The molecular weight excluding hydrogens is 344 g/mol. The van der Waals surface area contributed by atoms with E-state index in [0.29, 0.717) is 12.5 Å². The number of benzene rings is 1. The normalized spacial score (nSPS) is 16.7. The van der Waals surface area contributed by atoms with Crippen LogP contribution in [0.1, 0.15) is 40.1 Å². The number of hydrogen-bond donors (Lipinski definition) is 1. The molecule has 3 heterocycles. The summed E-state index contributed by atoms with van der Waals surface area (Å²) in [5, 5.41) is 6.65. The number of hydrogen-bond acceptors (Lipinski definition) is 6. The smallest absolute Gasteiger partial charge is 0.130 e. The van der Waals surface area contributed by atoms with Gasteiger partial charge in [0.15, 0.2) is 0 Å². The molecule has 1 atom stereocenters. The zero-order chi connectivity index (χ0) is 17.8. The van der Waals surface area contributed by atoms with Gasteiger partial charge in [0.05, 0.1) is 29.5 Å². The molecule has 0 unspecified atom stereocenters. The second kappa shape index (κ2) is 7.93. The molecule has 1 aliphatic rings. The highest BCUT2D eigenvalue weighted by atomic mass is 32.1. The van der Waals surface area contributed by atoms with Gasteiger partial charge in [0.25, 0.3) is 0 Å². The molecule has 0 spiro atoms. The van der Waals surface area contributed by atoms with E-state index in [9.17, 15) is 0 Å². The van der Waals surface area contributed by atoms with Crippen LogP contribution in [0.2, 0.25) is 0 Å². The number of aryl methyl sites for hydroxylation is 1. The Morgan fingerprint density at radius 1 is 1.19 bits per heavy atom. The lowest BCUT2D eigenvalue weighted by atomic mass is 10.0. The molecule has 0 amide bonds. The van der Waals surface area contributed by atoms with Gasteiger partial charge in [-0.3, -0.25) is 0 Å². The maximum absolute atomic E-state index is 5.48. The van der Waals surface area contributed by atoms with Crippen LogP contribution < -0.4 is 5.32 Å². The van der Waals surface area contributed by atoms with Crippen LogP contribution in [-0.2, 0) is 17.7 Å². The molecular formula is C20H22N4OS. The van der Waals surface area contributed by atoms with E-state index in [1.807, 2.05) is 19.1 Å². The van der Waals surface area contributed by atoms with Crippen LogP contribution in [0.3, 0.4) is 0 Å². The predicted octanol–water partition coefficient (Wildman–Crippen LogP) is 3.95. The van der Waals surface area contributed by atoms with Gasteiger partial charge in [0.1, 0.15) is 11.6 Å². The number of aromatic nitrogens is 3.